The van der Waals surface area contributed by atoms with E-state index in [9.17, 15) is 4.79 Å². The fourth-order valence-corrected chi connectivity index (χ4v) is 3.82. The van der Waals surface area contributed by atoms with Crippen molar-refractivity contribution in [3.05, 3.63) is 21.9 Å². The average Bonchev–Trinajstić information content (AvgIpc) is 3.07. The maximum atomic E-state index is 11.8. The second kappa shape index (κ2) is 7.79. The Labute approximate surface area is 126 Å². The number of hydrogen-bond acceptors (Lipinski definition) is 3. The molecule has 2 rings (SSSR count). The van der Waals surface area contributed by atoms with Crippen molar-refractivity contribution in [3.63, 3.8) is 0 Å². The molecule has 3 nitrogen and oxygen atoms in total. The zero-order valence-corrected chi connectivity index (χ0v) is 13.5. The molecule has 1 atom stereocenters. The van der Waals surface area contributed by atoms with Crippen molar-refractivity contribution >= 4 is 17.2 Å². The molecular weight excluding hydrogens is 268 g/mol. The second-order valence-electron chi connectivity index (χ2n) is 5.59. The van der Waals surface area contributed by atoms with Gasteiger partial charge in [-0.15, -0.1) is 11.3 Å². The van der Waals surface area contributed by atoms with Gasteiger partial charge < -0.3 is 5.32 Å². The quantitative estimate of drug-likeness (QED) is 0.838. The van der Waals surface area contributed by atoms with Gasteiger partial charge in [0.05, 0.1) is 5.92 Å². The molecule has 1 aliphatic rings. The molecule has 20 heavy (non-hydrogen) atoms. The molecule has 1 aromatic rings. The van der Waals surface area contributed by atoms with E-state index in [1.165, 1.54) is 29.0 Å². The third kappa shape index (κ3) is 4.32. The summed E-state index contributed by atoms with van der Waals surface area (Å²) in [5.41, 5.74) is 0. The van der Waals surface area contributed by atoms with Crippen LogP contribution in [0.5, 0.6) is 0 Å². The predicted molar refractivity (Wildman–Crippen MR) is 85.0 cm³/mol. The molecule has 2 heterocycles. The smallest absolute Gasteiger partial charge is 0.224 e. The molecule has 0 saturated carbocycles. The molecule has 1 N–H and O–H groups in total. The average molecular weight is 294 g/mol. The lowest BCUT2D eigenvalue weighted by molar-refractivity contribution is -0.124. The van der Waals surface area contributed by atoms with E-state index in [2.05, 4.69) is 29.3 Å². The van der Waals surface area contributed by atoms with Crippen LogP contribution in [0.1, 0.15) is 42.9 Å². The topological polar surface area (TPSA) is 32.3 Å². The number of nitrogens with zero attached hydrogens (tertiary/aromatic N) is 1. The second-order valence-corrected chi connectivity index (χ2v) is 6.84. The van der Waals surface area contributed by atoms with Crippen molar-refractivity contribution in [3.8, 4) is 0 Å². The van der Waals surface area contributed by atoms with Gasteiger partial charge in [-0.05, 0) is 44.9 Å². The van der Waals surface area contributed by atoms with Gasteiger partial charge in [0.2, 0.25) is 5.91 Å². The van der Waals surface area contributed by atoms with Gasteiger partial charge in [-0.1, -0.05) is 13.3 Å². The van der Waals surface area contributed by atoms with Crippen molar-refractivity contribution in [2.24, 2.45) is 5.92 Å². The summed E-state index contributed by atoms with van der Waals surface area (Å²) in [6.45, 7) is 7.92. The van der Waals surface area contributed by atoms with Crippen LogP contribution in [0.15, 0.2) is 12.1 Å². The molecule has 0 bridgehead atoms. The molecule has 0 radical (unpaired) electrons. The van der Waals surface area contributed by atoms with Crippen LogP contribution in [-0.4, -0.2) is 30.4 Å². The first-order valence-electron chi connectivity index (χ1n) is 7.80. The number of hydrogen-bond donors (Lipinski definition) is 1. The molecule has 0 aromatic carbocycles. The van der Waals surface area contributed by atoms with Gasteiger partial charge >= 0.3 is 0 Å². The van der Waals surface area contributed by atoms with E-state index < -0.39 is 0 Å². The summed E-state index contributed by atoms with van der Waals surface area (Å²) >= 11 is 1.94. The minimum atomic E-state index is 0.189. The first kappa shape index (κ1) is 15.5. The van der Waals surface area contributed by atoms with E-state index in [1.54, 1.807) is 0 Å². The highest BCUT2D eigenvalue weighted by Crippen LogP contribution is 2.24. The monoisotopic (exact) mass is 294 g/mol. The summed E-state index contributed by atoms with van der Waals surface area (Å²) < 4.78 is 0. The van der Waals surface area contributed by atoms with E-state index in [-0.39, 0.29) is 11.8 Å². The maximum absolute atomic E-state index is 11.8. The lowest BCUT2D eigenvalue weighted by atomic mass is 10.1. The standard InChI is InChI=1S/C16H26N2OS/c1-3-5-6-14-7-8-15(20-14)12-18-10-9-13(11-18)16(19)17-4-2/h7-8,13H,3-6,9-12H2,1-2H3,(H,17,19)/t13-/m1/s1. The van der Waals surface area contributed by atoms with Gasteiger partial charge in [0.25, 0.3) is 0 Å². The van der Waals surface area contributed by atoms with E-state index in [0.29, 0.717) is 0 Å². The largest absolute Gasteiger partial charge is 0.356 e. The van der Waals surface area contributed by atoms with Gasteiger partial charge in [-0.3, -0.25) is 9.69 Å². The van der Waals surface area contributed by atoms with Gasteiger partial charge in [0, 0.05) is 29.4 Å². The molecule has 0 unspecified atom stereocenters. The van der Waals surface area contributed by atoms with Crippen LogP contribution in [0.25, 0.3) is 0 Å². The SMILES string of the molecule is CCCCc1ccc(CN2CC[C@@H](C(=O)NCC)C2)s1. The first-order chi connectivity index (χ1) is 9.72. The Morgan fingerprint density at radius 3 is 2.95 bits per heavy atom. The number of amides is 1. The number of nitrogens with one attached hydrogen (secondary N) is 1. The van der Waals surface area contributed by atoms with Crippen molar-refractivity contribution in [1.82, 2.24) is 10.2 Å². The van der Waals surface area contributed by atoms with Crippen molar-refractivity contribution in [1.29, 1.82) is 0 Å². The van der Waals surface area contributed by atoms with Crippen LogP contribution in [0.3, 0.4) is 0 Å². The summed E-state index contributed by atoms with van der Waals surface area (Å²) in [6, 6.07) is 4.53. The molecule has 1 fully saturated rings. The molecule has 1 saturated heterocycles. The third-order valence-corrected chi connectivity index (χ3v) is 5.00. The number of likely N-dealkylation sites (tertiary alicyclic amines) is 1. The highest BCUT2D eigenvalue weighted by Gasteiger charge is 2.27. The van der Waals surface area contributed by atoms with Crippen molar-refractivity contribution < 1.29 is 4.79 Å². The zero-order valence-electron chi connectivity index (χ0n) is 12.7. The minimum absolute atomic E-state index is 0.189. The highest BCUT2D eigenvalue weighted by molar-refractivity contribution is 7.11. The maximum Gasteiger partial charge on any atom is 0.224 e. The predicted octanol–water partition coefficient (Wildman–Crippen LogP) is 3.05. The van der Waals surface area contributed by atoms with Gasteiger partial charge in [-0.25, -0.2) is 0 Å². The van der Waals surface area contributed by atoms with Crippen LogP contribution >= 0.6 is 11.3 Å². The summed E-state index contributed by atoms with van der Waals surface area (Å²) in [6.07, 6.45) is 4.75. The molecule has 1 aliphatic heterocycles. The molecule has 1 amide bonds. The Balaban J connectivity index is 1.79. The van der Waals surface area contributed by atoms with Crippen molar-refractivity contribution in [2.75, 3.05) is 19.6 Å². The van der Waals surface area contributed by atoms with Crippen LogP contribution in [0.2, 0.25) is 0 Å². The number of carbonyl (C=O) groups excluding carboxylic acids is 1. The third-order valence-electron chi connectivity index (χ3n) is 3.87. The van der Waals surface area contributed by atoms with E-state index in [1.807, 2.05) is 18.3 Å². The molecule has 0 aliphatic carbocycles. The molecule has 0 spiro atoms. The number of rotatable bonds is 7. The fourth-order valence-electron chi connectivity index (χ4n) is 2.72. The number of unbranched alkanes of at least 4 members (excludes halogenated alkanes) is 1. The van der Waals surface area contributed by atoms with E-state index >= 15 is 0 Å². The Hall–Kier alpha value is -0.870. The number of aryl methyl sites for hydroxylation is 1. The molecule has 1 aromatic heterocycles. The van der Waals surface area contributed by atoms with Gasteiger partial charge in [0.1, 0.15) is 0 Å². The van der Waals surface area contributed by atoms with Crippen molar-refractivity contribution in [2.45, 2.75) is 46.1 Å². The summed E-state index contributed by atoms with van der Waals surface area (Å²) in [5.74, 6) is 0.416. The lowest BCUT2D eigenvalue weighted by Gasteiger charge is -2.14. The van der Waals surface area contributed by atoms with Crippen LogP contribution in [0, 0.1) is 5.92 Å². The minimum Gasteiger partial charge on any atom is -0.356 e. The highest BCUT2D eigenvalue weighted by atomic mass is 32.1. The first-order valence-corrected chi connectivity index (χ1v) is 8.62. The number of carbonyl (C=O) groups is 1. The molecular formula is C16H26N2OS. The van der Waals surface area contributed by atoms with Gasteiger partial charge in [-0.2, -0.15) is 0 Å². The summed E-state index contributed by atoms with van der Waals surface area (Å²) in [7, 11) is 0. The number of thiophene rings is 1. The Morgan fingerprint density at radius 1 is 1.40 bits per heavy atom. The Morgan fingerprint density at radius 2 is 2.20 bits per heavy atom. The van der Waals surface area contributed by atoms with Crippen LogP contribution in [0.4, 0.5) is 0 Å². The van der Waals surface area contributed by atoms with Gasteiger partial charge in [0.15, 0.2) is 0 Å². The lowest BCUT2D eigenvalue weighted by Crippen LogP contribution is -2.32. The summed E-state index contributed by atoms with van der Waals surface area (Å²) in [5, 5.41) is 2.94. The molecule has 112 valence electrons. The van der Waals surface area contributed by atoms with E-state index in [0.717, 1.165) is 32.6 Å². The zero-order chi connectivity index (χ0) is 14.4. The van der Waals surface area contributed by atoms with Crippen LogP contribution in [-0.2, 0) is 17.8 Å². The Kier molecular flexibility index (Phi) is 6.05. The summed E-state index contributed by atoms with van der Waals surface area (Å²) in [4.78, 5) is 17.2. The van der Waals surface area contributed by atoms with E-state index in [4.69, 9.17) is 0 Å². The van der Waals surface area contributed by atoms with Crippen LogP contribution < -0.4 is 5.32 Å². The Bertz CT molecular complexity index is 430. The normalized spacial score (nSPS) is 19.4. The fraction of sp³-hybridized carbons (Fsp3) is 0.688. The molecule has 4 heteroatoms.